The predicted molar refractivity (Wildman–Crippen MR) is 123 cm³/mol. The number of ether oxygens (including phenoxy) is 2. The highest BCUT2D eigenvalue weighted by Crippen LogP contribution is 2.31. The number of fused-ring (bicyclic) bond motifs is 1. The SMILES string of the molecule is COc1ccc(NC(=O)[C@H](C)n2nc(-c3ccccc3)c3c(c2=O)CCCC3)cc1OC. The van der Waals surface area contributed by atoms with E-state index in [2.05, 4.69) is 10.4 Å². The Hall–Kier alpha value is -3.61. The summed E-state index contributed by atoms with van der Waals surface area (Å²) >= 11 is 0. The number of nitrogens with one attached hydrogen (secondary N) is 1. The van der Waals surface area contributed by atoms with Gasteiger partial charge in [-0.3, -0.25) is 9.59 Å². The molecule has 7 nitrogen and oxygen atoms in total. The number of benzene rings is 2. The van der Waals surface area contributed by atoms with E-state index >= 15 is 0 Å². The number of carbonyl (C=O) groups is 1. The molecule has 0 bridgehead atoms. The monoisotopic (exact) mass is 433 g/mol. The third kappa shape index (κ3) is 4.10. The molecule has 1 amide bonds. The molecule has 3 aromatic rings. The van der Waals surface area contributed by atoms with Gasteiger partial charge < -0.3 is 14.8 Å². The number of methoxy groups -OCH3 is 2. The minimum atomic E-state index is -0.787. The molecule has 0 fully saturated rings. The van der Waals surface area contributed by atoms with Crippen LogP contribution in [0, 0.1) is 0 Å². The Balaban J connectivity index is 1.70. The molecule has 1 heterocycles. The Kier molecular flexibility index (Phi) is 6.25. The van der Waals surface area contributed by atoms with Crippen LogP contribution in [0.1, 0.15) is 36.9 Å². The largest absolute Gasteiger partial charge is 0.493 e. The van der Waals surface area contributed by atoms with Crippen molar-refractivity contribution in [2.45, 2.75) is 38.6 Å². The second-order valence-electron chi connectivity index (χ2n) is 7.86. The fourth-order valence-corrected chi connectivity index (χ4v) is 4.12. The van der Waals surface area contributed by atoms with Crippen molar-refractivity contribution < 1.29 is 14.3 Å². The van der Waals surface area contributed by atoms with Gasteiger partial charge in [0.15, 0.2) is 11.5 Å². The maximum absolute atomic E-state index is 13.3. The molecule has 0 aliphatic heterocycles. The first-order valence-electron chi connectivity index (χ1n) is 10.8. The van der Waals surface area contributed by atoms with E-state index in [1.54, 1.807) is 32.2 Å². The fourth-order valence-electron chi connectivity index (χ4n) is 4.12. The molecular weight excluding hydrogens is 406 g/mol. The lowest BCUT2D eigenvalue weighted by molar-refractivity contribution is -0.119. The Morgan fingerprint density at radius 2 is 1.69 bits per heavy atom. The lowest BCUT2D eigenvalue weighted by Crippen LogP contribution is -2.37. The molecule has 0 spiro atoms. The van der Waals surface area contributed by atoms with Crippen LogP contribution in [0.5, 0.6) is 11.5 Å². The number of hydrogen-bond acceptors (Lipinski definition) is 5. The van der Waals surface area contributed by atoms with Crippen LogP contribution in [0.15, 0.2) is 53.3 Å². The summed E-state index contributed by atoms with van der Waals surface area (Å²) in [6, 6.07) is 14.2. The fraction of sp³-hybridized carbons (Fsp3) is 0.320. The van der Waals surface area contributed by atoms with Crippen molar-refractivity contribution in [2.75, 3.05) is 19.5 Å². The minimum Gasteiger partial charge on any atom is -0.493 e. The maximum Gasteiger partial charge on any atom is 0.271 e. The summed E-state index contributed by atoms with van der Waals surface area (Å²) in [5.74, 6) is 0.744. The summed E-state index contributed by atoms with van der Waals surface area (Å²) in [6.07, 6.45) is 3.54. The van der Waals surface area contributed by atoms with E-state index in [1.165, 1.54) is 11.8 Å². The first-order valence-corrected chi connectivity index (χ1v) is 10.8. The van der Waals surface area contributed by atoms with Crippen LogP contribution in [0.3, 0.4) is 0 Å². The van der Waals surface area contributed by atoms with Gasteiger partial charge in [-0.05, 0) is 50.3 Å². The number of aromatic nitrogens is 2. The van der Waals surface area contributed by atoms with Gasteiger partial charge in [-0.15, -0.1) is 0 Å². The van der Waals surface area contributed by atoms with Crippen LogP contribution in [-0.4, -0.2) is 29.9 Å². The number of anilines is 1. The van der Waals surface area contributed by atoms with Gasteiger partial charge >= 0.3 is 0 Å². The summed E-state index contributed by atoms with van der Waals surface area (Å²) in [7, 11) is 3.09. The normalized spacial score (nSPS) is 13.7. The standard InChI is InChI=1S/C25H27N3O4/c1-16(24(29)26-18-13-14-21(31-2)22(15-18)32-3)28-25(30)20-12-8-7-11-19(20)23(27-28)17-9-5-4-6-10-17/h4-6,9-10,13-16H,7-8,11-12H2,1-3H3,(H,26,29)/t16-/m0/s1. The molecule has 0 radical (unpaired) electrons. The molecule has 2 aromatic carbocycles. The summed E-state index contributed by atoms with van der Waals surface area (Å²) in [5, 5.41) is 7.54. The second kappa shape index (κ2) is 9.26. The third-order valence-electron chi connectivity index (χ3n) is 5.87. The number of nitrogens with zero attached hydrogens (tertiary/aromatic N) is 2. The zero-order valence-corrected chi connectivity index (χ0v) is 18.6. The number of hydrogen-bond donors (Lipinski definition) is 1. The predicted octanol–water partition coefficient (Wildman–Crippen LogP) is 4.01. The van der Waals surface area contributed by atoms with Crippen molar-refractivity contribution in [1.82, 2.24) is 9.78 Å². The molecule has 1 N–H and O–H groups in total. The van der Waals surface area contributed by atoms with Gasteiger partial charge in [-0.25, -0.2) is 4.68 Å². The van der Waals surface area contributed by atoms with Gasteiger partial charge in [0.1, 0.15) is 6.04 Å². The van der Waals surface area contributed by atoms with E-state index in [1.807, 2.05) is 30.3 Å². The van der Waals surface area contributed by atoms with Gasteiger partial charge in [0.25, 0.3) is 5.56 Å². The molecule has 4 rings (SSSR count). The number of amides is 1. The quantitative estimate of drug-likeness (QED) is 0.635. The van der Waals surface area contributed by atoms with Crippen LogP contribution < -0.4 is 20.3 Å². The zero-order valence-electron chi connectivity index (χ0n) is 18.6. The van der Waals surface area contributed by atoms with Gasteiger partial charge in [0, 0.05) is 22.9 Å². The average Bonchev–Trinajstić information content (AvgIpc) is 2.84. The van der Waals surface area contributed by atoms with Crippen molar-refractivity contribution in [3.63, 3.8) is 0 Å². The highest BCUT2D eigenvalue weighted by Gasteiger charge is 2.25. The van der Waals surface area contributed by atoms with Crippen molar-refractivity contribution in [2.24, 2.45) is 0 Å². The molecule has 1 aliphatic carbocycles. The van der Waals surface area contributed by atoms with Gasteiger partial charge in [0.05, 0.1) is 19.9 Å². The molecule has 1 aliphatic rings. The van der Waals surface area contributed by atoms with Crippen LogP contribution in [0.4, 0.5) is 5.69 Å². The number of carbonyl (C=O) groups excluding carboxylic acids is 1. The van der Waals surface area contributed by atoms with Crippen LogP contribution in [0.25, 0.3) is 11.3 Å². The van der Waals surface area contributed by atoms with Crippen molar-refractivity contribution in [3.05, 3.63) is 70.0 Å². The summed E-state index contributed by atoms with van der Waals surface area (Å²) < 4.78 is 11.9. The van der Waals surface area contributed by atoms with Crippen LogP contribution in [-0.2, 0) is 17.6 Å². The molecule has 0 saturated heterocycles. The van der Waals surface area contributed by atoms with E-state index in [0.29, 0.717) is 23.6 Å². The molecular formula is C25H27N3O4. The topological polar surface area (TPSA) is 82.5 Å². The van der Waals surface area contributed by atoms with Gasteiger partial charge in [-0.1, -0.05) is 30.3 Å². The molecule has 1 aromatic heterocycles. The van der Waals surface area contributed by atoms with Crippen LogP contribution in [0.2, 0.25) is 0 Å². The molecule has 7 heteroatoms. The highest BCUT2D eigenvalue weighted by atomic mass is 16.5. The van der Waals surface area contributed by atoms with Crippen molar-refractivity contribution >= 4 is 11.6 Å². The minimum absolute atomic E-state index is 0.186. The Morgan fingerprint density at radius 3 is 2.38 bits per heavy atom. The van der Waals surface area contributed by atoms with Crippen LogP contribution >= 0.6 is 0 Å². The maximum atomic E-state index is 13.3. The summed E-state index contributed by atoms with van der Waals surface area (Å²) in [6.45, 7) is 1.69. The van der Waals surface area contributed by atoms with Gasteiger partial charge in [0.2, 0.25) is 5.91 Å². The van der Waals surface area contributed by atoms with Crippen molar-refractivity contribution in [3.8, 4) is 22.8 Å². The Morgan fingerprint density at radius 1 is 1.00 bits per heavy atom. The third-order valence-corrected chi connectivity index (χ3v) is 5.87. The van der Waals surface area contributed by atoms with Crippen molar-refractivity contribution in [1.29, 1.82) is 0 Å². The lowest BCUT2D eigenvalue weighted by Gasteiger charge is -2.22. The van der Waals surface area contributed by atoms with Gasteiger partial charge in [-0.2, -0.15) is 5.10 Å². The molecule has 1 atom stereocenters. The summed E-state index contributed by atoms with van der Waals surface area (Å²) in [4.78, 5) is 26.3. The zero-order chi connectivity index (χ0) is 22.7. The molecule has 0 unspecified atom stereocenters. The lowest BCUT2D eigenvalue weighted by atomic mass is 9.89. The Bertz CT molecular complexity index is 1190. The van der Waals surface area contributed by atoms with E-state index in [0.717, 1.165) is 41.6 Å². The van der Waals surface area contributed by atoms with E-state index in [-0.39, 0.29) is 11.5 Å². The smallest absolute Gasteiger partial charge is 0.271 e. The second-order valence-corrected chi connectivity index (χ2v) is 7.86. The highest BCUT2D eigenvalue weighted by molar-refractivity contribution is 5.93. The average molecular weight is 434 g/mol. The first-order chi connectivity index (χ1) is 15.5. The molecule has 166 valence electrons. The molecule has 0 saturated carbocycles. The molecule has 32 heavy (non-hydrogen) atoms. The van der Waals surface area contributed by atoms with E-state index < -0.39 is 6.04 Å². The van der Waals surface area contributed by atoms with E-state index in [4.69, 9.17) is 9.47 Å². The van der Waals surface area contributed by atoms with E-state index in [9.17, 15) is 9.59 Å². The first kappa shape index (κ1) is 21.6. The summed E-state index contributed by atoms with van der Waals surface area (Å²) in [5.41, 5.74) is 3.88. The number of rotatable bonds is 6. The Labute approximate surface area is 187 Å².